The molecule has 0 radical (unpaired) electrons. The van der Waals surface area contributed by atoms with Crippen molar-refractivity contribution in [3.63, 3.8) is 0 Å². The third-order valence-electron chi connectivity index (χ3n) is 4.10. The lowest BCUT2D eigenvalue weighted by Gasteiger charge is -2.34. The molecule has 4 nitrogen and oxygen atoms in total. The van der Waals surface area contributed by atoms with E-state index >= 15 is 0 Å². The first-order valence-corrected chi connectivity index (χ1v) is 8.89. The minimum absolute atomic E-state index is 0.0592. The van der Waals surface area contributed by atoms with Crippen LogP contribution in [0, 0.1) is 0 Å². The largest absolute Gasteiger partial charge is 0.371 e. The average molecular weight is 339 g/mol. The molecule has 0 N–H and O–H groups in total. The Balaban J connectivity index is 1.95. The zero-order valence-electron chi connectivity index (χ0n) is 14.1. The Bertz CT molecular complexity index is 504. The lowest BCUT2D eigenvalue weighted by molar-refractivity contribution is -0.134. The highest BCUT2D eigenvalue weighted by Crippen LogP contribution is 2.28. The maximum Gasteiger partial charge on any atom is 0.236 e. The molecule has 1 aromatic rings. The Kier molecular flexibility index (Phi) is 7.34. The van der Waals surface area contributed by atoms with Crippen LogP contribution >= 0.6 is 11.6 Å². The van der Waals surface area contributed by atoms with Gasteiger partial charge in [-0.1, -0.05) is 43.6 Å². The number of carbonyl (C=O) groups is 1. The molecule has 0 spiro atoms. The van der Waals surface area contributed by atoms with Crippen molar-refractivity contribution in [1.82, 2.24) is 9.80 Å². The van der Waals surface area contributed by atoms with E-state index in [1.54, 1.807) is 0 Å². The van der Waals surface area contributed by atoms with E-state index in [0.717, 1.165) is 43.1 Å². The van der Waals surface area contributed by atoms with E-state index in [-0.39, 0.29) is 12.0 Å². The van der Waals surface area contributed by atoms with E-state index < -0.39 is 0 Å². The minimum atomic E-state index is -0.0592. The van der Waals surface area contributed by atoms with E-state index in [4.69, 9.17) is 16.3 Å². The van der Waals surface area contributed by atoms with Crippen molar-refractivity contribution in [2.24, 2.45) is 0 Å². The van der Waals surface area contributed by atoms with E-state index in [9.17, 15) is 4.79 Å². The van der Waals surface area contributed by atoms with Crippen molar-refractivity contribution in [1.29, 1.82) is 0 Å². The second kappa shape index (κ2) is 9.26. The first-order valence-electron chi connectivity index (χ1n) is 8.51. The number of ether oxygens (including phenoxy) is 1. The highest BCUT2D eigenvalue weighted by Gasteiger charge is 2.26. The van der Waals surface area contributed by atoms with Gasteiger partial charge in [0.1, 0.15) is 0 Å². The van der Waals surface area contributed by atoms with Crippen LogP contribution in [0.2, 0.25) is 5.02 Å². The van der Waals surface area contributed by atoms with Gasteiger partial charge in [-0.25, -0.2) is 0 Å². The summed E-state index contributed by atoms with van der Waals surface area (Å²) in [6, 6.07) is 7.77. The zero-order chi connectivity index (χ0) is 16.7. The number of rotatable bonds is 7. The van der Waals surface area contributed by atoms with Crippen LogP contribution in [0.4, 0.5) is 0 Å². The van der Waals surface area contributed by atoms with Gasteiger partial charge in [0.2, 0.25) is 5.91 Å². The Morgan fingerprint density at radius 1 is 1.30 bits per heavy atom. The number of morpholine rings is 1. The number of hydrogen-bond donors (Lipinski definition) is 0. The molecule has 0 bridgehead atoms. The van der Waals surface area contributed by atoms with Crippen LogP contribution in [0.25, 0.3) is 0 Å². The van der Waals surface area contributed by atoms with Gasteiger partial charge in [0.25, 0.3) is 0 Å². The summed E-state index contributed by atoms with van der Waals surface area (Å²) >= 11 is 6.27. The van der Waals surface area contributed by atoms with Gasteiger partial charge in [0.05, 0.1) is 19.3 Å². The second-order valence-electron chi connectivity index (χ2n) is 6.00. The standard InChI is InChI=1S/C18H27ClN2O2/c1-3-9-21(10-4-2)18(22)14-20-11-12-23-17(13-20)15-7-5-6-8-16(15)19/h5-8,17H,3-4,9-14H2,1-2H3/t17-/m1/s1. The van der Waals surface area contributed by atoms with Crippen LogP contribution in [0.1, 0.15) is 38.4 Å². The number of nitrogens with zero attached hydrogens (tertiary/aromatic N) is 2. The van der Waals surface area contributed by atoms with Gasteiger partial charge in [-0.2, -0.15) is 0 Å². The predicted molar refractivity (Wildman–Crippen MR) is 93.7 cm³/mol. The van der Waals surface area contributed by atoms with Crippen molar-refractivity contribution in [3.05, 3.63) is 34.9 Å². The summed E-state index contributed by atoms with van der Waals surface area (Å²) < 4.78 is 5.86. The molecule has 128 valence electrons. The maximum absolute atomic E-state index is 12.5. The first-order chi connectivity index (χ1) is 11.2. The molecule has 0 saturated carbocycles. The molecule has 1 amide bonds. The molecule has 1 fully saturated rings. The average Bonchev–Trinajstić information content (AvgIpc) is 2.55. The number of halogens is 1. The molecule has 1 heterocycles. The van der Waals surface area contributed by atoms with Gasteiger partial charge >= 0.3 is 0 Å². The first kappa shape index (κ1) is 18.2. The van der Waals surface area contributed by atoms with E-state index in [0.29, 0.717) is 19.7 Å². The fourth-order valence-corrected chi connectivity index (χ4v) is 3.22. The lowest BCUT2D eigenvalue weighted by atomic mass is 10.1. The molecule has 1 aromatic carbocycles. The van der Waals surface area contributed by atoms with Crippen LogP contribution in [0.15, 0.2) is 24.3 Å². The van der Waals surface area contributed by atoms with E-state index in [1.165, 1.54) is 0 Å². The number of hydrogen-bond acceptors (Lipinski definition) is 3. The molecule has 23 heavy (non-hydrogen) atoms. The number of amides is 1. The fraction of sp³-hybridized carbons (Fsp3) is 0.611. The van der Waals surface area contributed by atoms with Crippen LogP contribution in [-0.4, -0.2) is 55.0 Å². The van der Waals surface area contributed by atoms with Gasteiger partial charge < -0.3 is 9.64 Å². The quantitative estimate of drug-likeness (QED) is 0.764. The van der Waals surface area contributed by atoms with Crippen molar-refractivity contribution < 1.29 is 9.53 Å². The predicted octanol–water partition coefficient (Wildman–Crippen LogP) is 3.36. The summed E-state index contributed by atoms with van der Waals surface area (Å²) in [5.74, 6) is 0.216. The third-order valence-corrected chi connectivity index (χ3v) is 4.45. The SMILES string of the molecule is CCCN(CCC)C(=O)CN1CCO[C@@H](c2ccccc2Cl)C1. The van der Waals surface area contributed by atoms with Gasteiger partial charge in [-0.15, -0.1) is 0 Å². The Morgan fingerprint density at radius 3 is 2.65 bits per heavy atom. The lowest BCUT2D eigenvalue weighted by Crippen LogP contribution is -2.46. The molecule has 1 aliphatic heterocycles. The summed E-state index contributed by atoms with van der Waals surface area (Å²) in [5.41, 5.74) is 1.00. The molecule has 5 heteroatoms. The Hall–Kier alpha value is -1.10. The summed E-state index contributed by atoms with van der Waals surface area (Å²) in [5, 5.41) is 0.726. The Morgan fingerprint density at radius 2 is 2.00 bits per heavy atom. The molecule has 2 rings (SSSR count). The molecule has 1 aliphatic rings. The van der Waals surface area contributed by atoms with Gasteiger partial charge in [0.15, 0.2) is 0 Å². The molecule has 0 unspecified atom stereocenters. The molecule has 1 atom stereocenters. The highest BCUT2D eigenvalue weighted by atomic mass is 35.5. The summed E-state index contributed by atoms with van der Waals surface area (Å²) in [7, 11) is 0. The third kappa shape index (κ3) is 5.20. The van der Waals surface area contributed by atoms with E-state index in [2.05, 4.69) is 18.7 Å². The minimum Gasteiger partial charge on any atom is -0.371 e. The van der Waals surface area contributed by atoms with Crippen LogP contribution in [-0.2, 0) is 9.53 Å². The van der Waals surface area contributed by atoms with Crippen molar-refractivity contribution in [2.45, 2.75) is 32.8 Å². The molecule has 1 saturated heterocycles. The maximum atomic E-state index is 12.5. The fourth-order valence-electron chi connectivity index (χ4n) is 2.96. The number of carbonyl (C=O) groups excluding carboxylic acids is 1. The van der Waals surface area contributed by atoms with Crippen LogP contribution in [0.3, 0.4) is 0 Å². The summed E-state index contributed by atoms with van der Waals surface area (Å²) in [6.45, 7) is 8.49. The molecule has 0 aromatic heterocycles. The number of benzene rings is 1. The molecular formula is C18H27ClN2O2. The highest BCUT2D eigenvalue weighted by molar-refractivity contribution is 6.31. The van der Waals surface area contributed by atoms with Gasteiger partial charge in [-0.3, -0.25) is 9.69 Å². The summed E-state index contributed by atoms with van der Waals surface area (Å²) in [4.78, 5) is 16.7. The molecule has 0 aliphatic carbocycles. The van der Waals surface area contributed by atoms with Crippen molar-refractivity contribution in [2.75, 3.05) is 39.3 Å². The van der Waals surface area contributed by atoms with E-state index in [1.807, 2.05) is 29.2 Å². The Labute approximate surface area is 144 Å². The smallest absolute Gasteiger partial charge is 0.236 e. The molecular weight excluding hydrogens is 312 g/mol. The van der Waals surface area contributed by atoms with Crippen molar-refractivity contribution >= 4 is 17.5 Å². The van der Waals surface area contributed by atoms with Crippen molar-refractivity contribution in [3.8, 4) is 0 Å². The zero-order valence-corrected chi connectivity index (χ0v) is 14.9. The normalized spacial score (nSPS) is 18.8. The topological polar surface area (TPSA) is 32.8 Å². The van der Waals surface area contributed by atoms with Gasteiger partial charge in [0, 0.05) is 36.8 Å². The van der Waals surface area contributed by atoms with Crippen LogP contribution in [0.5, 0.6) is 0 Å². The van der Waals surface area contributed by atoms with Crippen LogP contribution < -0.4 is 0 Å². The second-order valence-corrected chi connectivity index (χ2v) is 6.40. The summed E-state index contributed by atoms with van der Waals surface area (Å²) in [6.07, 6.45) is 1.94. The van der Waals surface area contributed by atoms with Gasteiger partial charge in [-0.05, 0) is 18.9 Å². The monoisotopic (exact) mass is 338 g/mol.